The van der Waals surface area contributed by atoms with Crippen LogP contribution in [0.5, 0.6) is 0 Å². The number of thioether (sulfide) groups is 2. The number of carboxylic acids is 1. The highest BCUT2D eigenvalue weighted by Crippen LogP contribution is 2.65. The minimum Gasteiger partial charge on any atom is -0.481 e. The molecule has 0 radical (unpaired) electrons. The van der Waals surface area contributed by atoms with Crippen molar-refractivity contribution in [2.45, 2.75) is 39.1 Å². The Labute approximate surface area is 172 Å². The number of carbonyl (C=O) groups is 2. The molecule has 6 atom stereocenters. The SMILES string of the molecule is CCOC(=O)C1C2Sc3ccccc3C21.O=C(O)C1C2Sc3ccccc3C21. The minimum absolute atomic E-state index is 0.0190. The van der Waals surface area contributed by atoms with E-state index in [1.807, 2.05) is 36.9 Å². The van der Waals surface area contributed by atoms with Gasteiger partial charge in [0.15, 0.2) is 0 Å². The van der Waals surface area contributed by atoms with Crippen molar-refractivity contribution in [2.24, 2.45) is 11.8 Å². The summed E-state index contributed by atoms with van der Waals surface area (Å²) >= 11 is 3.55. The van der Waals surface area contributed by atoms with Gasteiger partial charge in [0.05, 0.1) is 18.4 Å². The van der Waals surface area contributed by atoms with Crippen molar-refractivity contribution in [3.8, 4) is 0 Å². The summed E-state index contributed by atoms with van der Waals surface area (Å²) in [5.41, 5.74) is 2.58. The molecule has 2 saturated carbocycles. The monoisotopic (exact) mass is 412 g/mol. The van der Waals surface area contributed by atoms with Crippen LogP contribution in [0, 0.1) is 11.8 Å². The van der Waals surface area contributed by atoms with E-state index < -0.39 is 5.97 Å². The van der Waals surface area contributed by atoms with Gasteiger partial charge in [-0.3, -0.25) is 9.59 Å². The molecule has 4 aliphatic rings. The van der Waals surface area contributed by atoms with Gasteiger partial charge in [0.2, 0.25) is 0 Å². The number of rotatable bonds is 3. The Hall–Kier alpha value is -1.92. The number of hydrogen-bond acceptors (Lipinski definition) is 5. The van der Waals surface area contributed by atoms with Gasteiger partial charge in [-0.05, 0) is 30.2 Å². The number of carbonyl (C=O) groups excluding carboxylic acids is 1. The molecule has 0 saturated heterocycles. The van der Waals surface area contributed by atoms with Crippen LogP contribution in [-0.4, -0.2) is 34.2 Å². The third-order valence-electron chi connectivity index (χ3n) is 5.83. The zero-order chi connectivity index (χ0) is 19.4. The second kappa shape index (κ2) is 6.85. The predicted octanol–water partition coefficient (Wildman–Crippen LogP) is 4.40. The Kier molecular flexibility index (Phi) is 4.43. The summed E-state index contributed by atoms with van der Waals surface area (Å²) in [5.74, 6) is 0.0419. The molecule has 28 heavy (non-hydrogen) atoms. The van der Waals surface area contributed by atoms with Crippen LogP contribution < -0.4 is 0 Å². The summed E-state index contributed by atoms with van der Waals surface area (Å²) in [6.07, 6.45) is 0. The normalized spacial score (nSPS) is 32.0. The molecule has 2 fully saturated rings. The van der Waals surface area contributed by atoms with Crippen molar-refractivity contribution in [1.29, 1.82) is 0 Å². The summed E-state index contributed by atoms with van der Waals surface area (Å²) in [4.78, 5) is 25.0. The Morgan fingerprint density at radius 3 is 1.93 bits per heavy atom. The molecule has 1 N–H and O–H groups in total. The van der Waals surface area contributed by atoms with Gasteiger partial charge in [0.25, 0.3) is 0 Å². The van der Waals surface area contributed by atoms with Crippen LogP contribution in [0.3, 0.4) is 0 Å². The van der Waals surface area contributed by atoms with E-state index in [0.717, 1.165) is 0 Å². The van der Waals surface area contributed by atoms with Gasteiger partial charge in [-0.1, -0.05) is 36.4 Å². The highest BCUT2D eigenvalue weighted by molar-refractivity contribution is 8.01. The second-order valence-electron chi connectivity index (χ2n) is 7.43. The van der Waals surface area contributed by atoms with Gasteiger partial charge >= 0.3 is 11.9 Å². The lowest BCUT2D eigenvalue weighted by molar-refractivity contribution is -0.144. The molecule has 6 unspecified atom stereocenters. The summed E-state index contributed by atoms with van der Waals surface area (Å²) in [6.45, 7) is 2.35. The highest BCUT2D eigenvalue weighted by Gasteiger charge is 2.61. The fraction of sp³-hybridized carbons (Fsp3) is 0.364. The smallest absolute Gasteiger partial charge is 0.310 e. The number of ether oxygens (including phenoxy) is 1. The van der Waals surface area contributed by atoms with Crippen LogP contribution in [0.2, 0.25) is 0 Å². The lowest BCUT2D eigenvalue weighted by atomic mass is 10.1. The summed E-state index contributed by atoms with van der Waals surface area (Å²) in [7, 11) is 0. The molecular formula is C22H20O4S2. The van der Waals surface area contributed by atoms with E-state index in [-0.39, 0.29) is 17.8 Å². The third-order valence-corrected chi connectivity index (χ3v) is 8.80. The maximum Gasteiger partial charge on any atom is 0.310 e. The molecule has 6 heteroatoms. The molecular weight excluding hydrogens is 392 g/mol. The van der Waals surface area contributed by atoms with Crippen molar-refractivity contribution in [2.75, 3.05) is 6.61 Å². The van der Waals surface area contributed by atoms with E-state index in [2.05, 4.69) is 30.3 Å². The number of carboxylic acid groups (broad SMARTS) is 1. The second-order valence-corrected chi connectivity index (χ2v) is 9.87. The molecule has 2 aliphatic heterocycles. The minimum atomic E-state index is -0.642. The van der Waals surface area contributed by atoms with Crippen LogP contribution in [0.25, 0.3) is 0 Å². The van der Waals surface area contributed by atoms with Crippen molar-refractivity contribution in [3.05, 3.63) is 59.7 Å². The van der Waals surface area contributed by atoms with Crippen molar-refractivity contribution in [1.82, 2.24) is 0 Å². The molecule has 2 aromatic rings. The quantitative estimate of drug-likeness (QED) is 0.754. The number of fused-ring (bicyclic) bond motifs is 6. The fourth-order valence-corrected chi connectivity index (χ4v) is 7.62. The van der Waals surface area contributed by atoms with Gasteiger partial charge in [0, 0.05) is 32.1 Å². The van der Waals surface area contributed by atoms with Crippen molar-refractivity contribution >= 4 is 35.5 Å². The average Bonchev–Trinajstić information content (AvgIpc) is 3.51. The summed E-state index contributed by atoms with van der Waals surface area (Å²) < 4.78 is 5.06. The molecule has 0 amide bonds. The molecule has 0 aromatic heterocycles. The van der Waals surface area contributed by atoms with Crippen LogP contribution in [0.15, 0.2) is 58.3 Å². The standard InChI is InChI=1S/C12H12O2S.C10H8O2S/c1-2-14-12(13)10-9-7-5-3-4-6-8(7)15-11(9)10;11-10(12)8-7-5-3-1-2-4-6(5)13-9(7)8/h3-6,9-11H,2H2,1H3;1-4,7-9H,(H,11,12). The van der Waals surface area contributed by atoms with Crippen LogP contribution in [0.1, 0.15) is 29.9 Å². The molecule has 2 aromatic carbocycles. The van der Waals surface area contributed by atoms with Crippen LogP contribution in [0.4, 0.5) is 0 Å². The molecule has 144 valence electrons. The van der Waals surface area contributed by atoms with E-state index in [0.29, 0.717) is 28.9 Å². The third kappa shape index (κ3) is 2.85. The Bertz CT molecular complexity index is 959. The fourth-order valence-electron chi connectivity index (χ4n) is 4.43. The van der Waals surface area contributed by atoms with E-state index in [9.17, 15) is 9.59 Å². The highest BCUT2D eigenvalue weighted by atomic mass is 32.2. The Morgan fingerprint density at radius 2 is 1.39 bits per heavy atom. The van der Waals surface area contributed by atoms with Gasteiger partial charge in [-0.2, -0.15) is 0 Å². The van der Waals surface area contributed by atoms with Crippen LogP contribution in [-0.2, 0) is 14.3 Å². The molecule has 2 aliphatic carbocycles. The first-order chi connectivity index (χ1) is 13.6. The summed E-state index contributed by atoms with van der Waals surface area (Å²) in [5, 5.41) is 9.63. The molecule has 0 bridgehead atoms. The maximum atomic E-state index is 11.6. The number of benzene rings is 2. The van der Waals surface area contributed by atoms with E-state index in [1.54, 1.807) is 11.8 Å². The first-order valence-corrected chi connectivity index (χ1v) is 11.3. The number of esters is 1. The molecule has 4 nitrogen and oxygen atoms in total. The van der Waals surface area contributed by atoms with Crippen LogP contribution >= 0.6 is 23.5 Å². The van der Waals surface area contributed by atoms with Gasteiger partial charge in [-0.15, -0.1) is 23.5 Å². The zero-order valence-corrected chi connectivity index (χ0v) is 16.9. The maximum absolute atomic E-state index is 11.6. The topological polar surface area (TPSA) is 63.6 Å². The summed E-state index contributed by atoms with van der Waals surface area (Å²) in [6, 6.07) is 16.5. The Balaban J connectivity index is 0.000000123. The van der Waals surface area contributed by atoms with Crippen molar-refractivity contribution < 1.29 is 19.4 Å². The zero-order valence-electron chi connectivity index (χ0n) is 15.3. The van der Waals surface area contributed by atoms with E-state index >= 15 is 0 Å². The lowest BCUT2D eigenvalue weighted by Crippen LogP contribution is -2.09. The van der Waals surface area contributed by atoms with E-state index in [4.69, 9.17) is 9.84 Å². The van der Waals surface area contributed by atoms with Crippen molar-refractivity contribution in [3.63, 3.8) is 0 Å². The van der Waals surface area contributed by atoms with E-state index in [1.165, 1.54) is 20.9 Å². The molecule has 0 spiro atoms. The van der Waals surface area contributed by atoms with Gasteiger partial charge < -0.3 is 9.84 Å². The predicted molar refractivity (Wildman–Crippen MR) is 109 cm³/mol. The average molecular weight is 413 g/mol. The Morgan fingerprint density at radius 1 is 0.893 bits per heavy atom. The largest absolute Gasteiger partial charge is 0.481 e. The number of aliphatic carboxylic acids is 1. The van der Waals surface area contributed by atoms with Gasteiger partial charge in [0.1, 0.15) is 0 Å². The first-order valence-electron chi connectivity index (χ1n) is 9.52. The van der Waals surface area contributed by atoms with Gasteiger partial charge in [-0.25, -0.2) is 0 Å². The molecule has 6 rings (SSSR count). The molecule has 2 heterocycles. The lowest BCUT2D eigenvalue weighted by Gasteiger charge is -2.05. The first kappa shape index (κ1) is 18.1. The number of hydrogen-bond donors (Lipinski definition) is 1.